The van der Waals surface area contributed by atoms with Crippen molar-refractivity contribution in [1.29, 1.82) is 5.26 Å². The van der Waals surface area contributed by atoms with Crippen LogP contribution in [0, 0.1) is 18.3 Å². The van der Waals surface area contributed by atoms with E-state index in [2.05, 4.69) is 11.2 Å². The molecule has 38 heavy (non-hydrogen) atoms. The van der Waals surface area contributed by atoms with E-state index in [-0.39, 0.29) is 6.61 Å². The van der Waals surface area contributed by atoms with Crippen molar-refractivity contribution in [3.63, 3.8) is 0 Å². The van der Waals surface area contributed by atoms with Crippen LogP contribution in [-0.4, -0.2) is 28.9 Å². The number of hydrogen-bond donors (Lipinski definition) is 1. The van der Waals surface area contributed by atoms with Gasteiger partial charge in [0.05, 0.1) is 23.3 Å². The van der Waals surface area contributed by atoms with Crippen molar-refractivity contribution >= 4 is 23.4 Å². The highest BCUT2D eigenvalue weighted by molar-refractivity contribution is 6.01. The molecule has 1 aliphatic carbocycles. The molecule has 190 valence electrons. The van der Waals surface area contributed by atoms with Crippen molar-refractivity contribution in [3.8, 4) is 28.5 Å². The Labute approximate surface area is 219 Å². The van der Waals surface area contributed by atoms with Gasteiger partial charge < -0.3 is 14.4 Å². The molecule has 1 fully saturated rings. The third kappa shape index (κ3) is 4.28. The number of aryl methyl sites for hydroxylation is 1. The largest absolute Gasteiger partial charge is 0.481 e. The molecule has 0 aliphatic heterocycles. The maximum atomic E-state index is 13.1. The number of amides is 1. The van der Waals surface area contributed by atoms with Crippen LogP contribution in [0.4, 0.5) is 16.2 Å². The smallest absolute Gasteiger partial charge is 0.419 e. The first kappa shape index (κ1) is 24.8. The van der Waals surface area contributed by atoms with Crippen LogP contribution in [0.2, 0.25) is 0 Å². The number of carbonyl (C=O) groups excluding carboxylic acids is 1. The molecule has 1 saturated carbocycles. The maximum Gasteiger partial charge on any atom is 0.419 e. The Balaban J connectivity index is 1.50. The summed E-state index contributed by atoms with van der Waals surface area (Å²) in [5.74, 6) is -0.413. The normalized spacial score (nSPS) is 13.4. The first-order valence-electron chi connectivity index (χ1n) is 12.3. The van der Waals surface area contributed by atoms with Gasteiger partial charge in [-0.15, -0.1) is 0 Å². The number of aliphatic carboxylic acids is 1. The summed E-state index contributed by atoms with van der Waals surface area (Å²) in [5.41, 5.74) is 4.20. The summed E-state index contributed by atoms with van der Waals surface area (Å²) in [6, 6.07) is 24.1. The minimum atomic E-state index is -0.776. The van der Waals surface area contributed by atoms with E-state index in [0.29, 0.717) is 46.8 Å². The van der Waals surface area contributed by atoms with Gasteiger partial charge in [-0.1, -0.05) is 65.8 Å². The Morgan fingerprint density at radius 2 is 1.63 bits per heavy atom. The van der Waals surface area contributed by atoms with E-state index < -0.39 is 17.5 Å². The van der Waals surface area contributed by atoms with Crippen molar-refractivity contribution in [2.45, 2.75) is 32.1 Å². The molecule has 4 aromatic rings. The molecule has 0 atom stereocenters. The van der Waals surface area contributed by atoms with Crippen LogP contribution in [0.1, 0.15) is 36.6 Å². The zero-order valence-corrected chi connectivity index (χ0v) is 21.0. The Morgan fingerprint density at radius 1 is 1.03 bits per heavy atom. The second-order valence-electron chi connectivity index (χ2n) is 9.15. The van der Waals surface area contributed by atoms with Crippen LogP contribution in [-0.2, 0) is 14.9 Å². The topological polar surface area (TPSA) is 117 Å². The number of aromatic nitrogens is 1. The van der Waals surface area contributed by atoms with E-state index in [9.17, 15) is 20.0 Å². The predicted molar refractivity (Wildman–Crippen MR) is 141 cm³/mol. The maximum absolute atomic E-state index is 13.1. The summed E-state index contributed by atoms with van der Waals surface area (Å²) < 4.78 is 11.0. The van der Waals surface area contributed by atoms with Crippen molar-refractivity contribution in [2.75, 3.05) is 11.5 Å². The fraction of sp³-hybridized carbons (Fsp3) is 0.200. The van der Waals surface area contributed by atoms with Crippen molar-refractivity contribution in [1.82, 2.24) is 5.16 Å². The molecule has 1 heterocycles. The van der Waals surface area contributed by atoms with Gasteiger partial charge in [0.25, 0.3) is 0 Å². The SMILES string of the molecule is CCOC(=O)N(c1ccccc1C#N)c1c(C)noc1-c1ccc(-c2ccc(C3(C(=O)O)CC3)cc2)cc1. The van der Waals surface area contributed by atoms with Gasteiger partial charge in [0.2, 0.25) is 0 Å². The van der Waals surface area contributed by atoms with Gasteiger partial charge in [0, 0.05) is 5.56 Å². The molecule has 0 radical (unpaired) electrons. The Kier molecular flexibility index (Phi) is 6.43. The summed E-state index contributed by atoms with van der Waals surface area (Å²) in [6.07, 6.45) is 0.683. The van der Waals surface area contributed by atoms with Crippen molar-refractivity contribution in [3.05, 3.63) is 89.6 Å². The van der Waals surface area contributed by atoms with Crippen LogP contribution in [0.5, 0.6) is 0 Å². The predicted octanol–water partition coefficient (Wildman–Crippen LogP) is 6.60. The third-order valence-electron chi connectivity index (χ3n) is 6.85. The van der Waals surface area contributed by atoms with E-state index in [1.807, 2.05) is 48.5 Å². The monoisotopic (exact) mass is 507 g/mol. The van der Waals surface area contributed by atoms with E-state index in [4.69, 9.17) is 9.26 Å². The number of hydrogen-bond acceptors (Lipinski definition) is 6. The number of carbonyl (C=O) groups is 2. The molecule has 1 aromatic heterocycles. The lowest BCUT2D eigenvalue weighted by molar-refractivity contribution is -0.140. The van der Waals surface area contributed by atoms with E-state index in [0.717, 1.165) is 16.7 Å². The Bertz CT molecular complexity index is 1540. The van der Waals surface area contributed by atoms with Gasteiger partial charge in [-0.05, 0) is 55.5 Å². The minimum absolute atomic E-state index is 0.158. The molecular weight excluding hydrogens is 482 g/mol. The highest BCUT2D eigenvalue weighted by Gasteiger charge is 2.51. The first-order valence-corrected chi connectivity index (χ1v) is 12.3. The van der Waals surface area contributed by atoms with Crippen LogP contribution < -0.4 is 4.90 Å². The molecule has 8 heteroatoms. The van der Waals surface area contributed by atoms with Gasteiger partial charge in [-0.25, -0.2) is 9.69 Å². The lowest BCUT2D eigenvalue weighted by Gasteiger charge is -2.23. The molecule has 5 rings (SSSR count). The molecule has 1 N–H and O–H groups in total. The molecule has 0 bridgehead atoms. The lowest BCUT2D eigenvalue weighted by Crippen LogP contribution is -2.28. The average molecular weight is 508 g/mol. The fourth-order valence-electron chi connectivity index (χ4n) is 4.63. The Morgan fingerprint density at radius 3 is 2.21 bits per heavy atom. The van der Waals surface area contributed by atoms with E-state index in [1.165, 1.54) is 4.90 Å². The second kappa shape index (κ2) is 9.87. The summed E-state index contributed by atoms with van der Waals surface area (Å²) in [5, 5.41) is 23.3. The van der Waals surface area contributed by atoms with Crippen LogP contribution in [0.25, 0.3) is 22.5 Å². The minimum Gasteiger partial charge on any atom is -0.481 e. The lowest BCUT2D eigenvalue weighted by atomic mass is 9.93. The molecule has 1 aliphatic rings. The number of carboxylic acids is 1. The van der Waals surface area contributed by atoms with Gasteiger partial charge >= 0.3 is 12.1 Å². The van der Waals surface area contributed by atoms with Gasteiger partial charge in [-0.2, -0.15) is 5.26 Å². The second-order valence-corrected chi connectivity index (χ2v) is 9.15. The molecule has 0 saturated heterocycles. The number of ether oxygens (including phenoxy) is 1. The third-order valence-corrected chi connectivity index (χ3v) is 6.85. The number of rotatable bonds is 7. The van der Waals surface area contributed by atoms with Gasteiger partial charge in [0.1, 0.15) is 17.5 Å². The van der Waals surface area contributed by atoms with Crippen LogP contribution in [0.15, 0.2) is 77.3 Å². The molecule has 1 amide bonds. The Hall–Kier alpha value is -4.90. The molecule has 8 nitrogen and oxygen atoms in total. The van der Waals surface area contributed by atoms with Gasteiger partial charge in [0.15, 0.2) is 5.76 Å². The number of carboxylic acid groups (broad SMARTS) is 1. The zero-order valence-electron chi connectivity index (χ0n) is 21.0. The summed E-state index contributed by atoms with van der Waals surface area (Å²) in [6.45, 7) is 3.60. The van der Waals surface area contributed by atoms with Crippen molar-refractivity contribution in [2.24, 2.45) is 0 Å². The standard InChI is InChI=1S/C30H25N3O5/c1-3-37-29(36)33(25-7-5-4-6-23(25)18-31)26-19(2)32-38-27(26)22-10-8-20(9-11-22)21-12-14-24(15-13-21)30(16-17-30)28(34)35/h4-15H,3,16-17H2,1-2H3,(H,34,35). The van der Waals surface area contributed by atoms with Gasteiger partial charge in [-0.3, -0.25) is 4.79 Å². The van der Waals surface area contributed by atoms with Crippen LogP contribution >= 0.6 is 0 Å². The van der Waals surface area contributed by atoms with Crippen LogP contribution in [0.3, 0.4) is 0 Å². The quantitative estimate of drug-likeness (QED) is 0.299. The molecule has 0 spiro atoms. The molecule has 0 unspecified atom stereocenters. The number of anilines is 2. The zero-order chi connectivity index (χ0) is 26.9. The first-order chi connectivity index (χ1) is 18.4. The van der Waals surface area contributed by atoms with E-state index >= 15 is 0 Å². The fourth-order valence-corrected chi connectivity index (χ4v) is 4.63. The number of benzene rings is 3. The summed E-state index contributed by atoms with van der Waals surface area (Å²) in [4.78, 5) is 26.1. The van der Waals surface area contributed by atoms with Crippen molar-refractivity contribution < 1.29 is 24.0 Å². The number of para-hydroxylation sites is 1. The van der Waals surface area contributed by atoms with E-state index in [1.54, 1.807) is 38.1 Å². The molecular formula is C30H25N3O5. The molecule has 3 aromatic carbocycles. The number of nitriles is 1. The summed E-state index contributed by atoms with van der Waals surface area (Å²) >= 11 is 0. The highest BCUT2D eigenvalue weighted by Crippen LogP contribution is 2.48. The number of nitrogens with zero attached hydrogens (tertiary/aromatic N) is 3. The average Bonchev–Trinajstić information content (AvgIpc) is 3.68. The highest BCUT2D eigenvalue weighted by atomic mass is 16.6. The summed E-state index contributed by atoms with van der Waals surface area (Å²) in [7, 11) is 0.